The fraction of sp³-hybridized carbons (Fsp3) is 0.516. The molecule has 0 atom stereocenters. The first-order valence-electron chi connectivity index (χ1n) is 14.6. The van der Waals surface area contributed by atoms with Crippen LogP contribution in [0.4, 0.5) is 14.5 Å². The van der Waals surface area contributed by atoms with Gasteiger partial charge in [0.25, 0.3) is 11.8 Å². The van der Waals surface area contributed by atoms with Crippen molar-refractivity contribution in [3.05, 3.63) is 70.6 Å². The molecule has 10 heteroatoms. The van der Waals surface area contributed by atoms with Crippen LogP contribution in [0.3, 0.4) is 0 Å². The molecule has 1 aromatic carbocycles. The van der Waals surface area contributed by atoms with E-state index in [0.29, 0.717) is 30.3 Å². The van der Waals surface area contributed by atoms with Crippen molar-refractivity contribution < 1.29 is 13.6 Å². The SMILES string of the molecule is Cn1cnnc1C1(c2cccc(NC(=O)c3cc(CNC4CCCCC4)c4c(n3)C(F)(F)CC4)c2)CC(CC#N)C1. The van der Waals surface area contributed by atoms with E-state index < -0.39 is 17.2 Å². The van der Waals surface area contributed by atoms with Crippen LogP contribution in [-0.4, -0.2) is 31.7 Å². The van der Waals surface area contributed by atoms with E-state index in [-0.39, 0.29) is 30.1 Å². The van der Waals surface area contributed by atoms with E-state index in [1.54, 1.807) is 18.5 Å². The predicted octanol–water partition coefficient (Wildman–Crippen LogP) is 5.53. The lowest BCUT2D eigenvalue weighted by Crippen LogP contribution is -2.44. The van der Waals surface area contributed by atoms with E-state index in [1.165, 1.54) is 19.3 Å². The molecular formula is C31H35F2N7O. The minimum absolute atomic E-state index is 0.00286. The number of anilines is 1. The number of hydrogen-bond acceptors (Lipinski definition) is 6. The monoisotopic (exact) mass is 559 g/mol. The zero-order valence-electron chi connectivity index (χ0n) is 23.3. The van der Waals surface area contributed by atoms with Crippen LogP contribution in [0, 0.1) is 17.2 Å². The van der Waals surface area contributed by atoms with E-state index in [4.69, 9.17) is 0 Å². The average Bonchev–Trinajstić information content (AvgIpc) is 3.52. The van der Waals surface area contributed by atoms with E-state index in [0.717, 1.165) is 42.6 Å². The highest BCUT2D eigenvalue weighted by molar-refractivity contribution is 6.03. The molecule has 3 aliphatic carbocycles. The first kappa shape index (κ1) is 27.5. The van der Waals surface area contributed by atoms with Gasteiger partial charge >= 0.3 is 0 Å². The Morgan fingerprint density at radius 2 is 2.00 bits per heavy atom. The first-order chi connectivity index (χ1) is 19.8. The second-order valence-electron chi connectivity index (χ2n) is 11.9. The van der Waals surface area contributed by atoms with Crippen molar-refractivity contribution in [1.82, 2.24) is 25.1 Å². The summed E-state index contributed by atoms with van der Waals surface area (Å²) in [6.45, 7) is 0.450. The number of nitrogens with zero attached hydrogens (tertiary/aromatic N) is 5. The fourth-order valence-electron chi connectivity index (χ4n) is 6.99. The molecule has 2 heterocycles. The van der Waals surface area contributed by atoms with Crippen LogP contribution in [0.1, 0.15) is 96.5 Å². The first-order valence-corrected chi connectivity index (χ1v) is 14.6. The van der Waals surface area contributed by atoms with Gasteiger partial charge in [0.1, 0.15) is 23.5 Å². The van der Waals surface area contributed by atoms with Crippen molar-refractivity contribution in [3.63, 3.8) is 0 Å². The number of rotatable bonds is 8. The predicted molar refractivity (Wildman–Crippen MR) is 149 cm³/mol. The third-order valence-electron chi connectivity index (χ3n) is 9.14. The molecule has 0 radical (unpaired) electrons. The summed E-state index contributed by atoms with van der Waals surface area (Å²) in [5.41, 5.74) is 2.13. The van der Waals surface area contributed by atoms with Gasteiger partial charge in [-0.3, -0.25) is 4.79 Å². The highest BCUT2D eigenvalue weighted by Crippen LogP contribution is 2.53. The second kappa shape index (κ2) is 10.9. The quantitative estimate of drug-likeness (QED) is 0.376. The molecule has 8 nitrogen and oxygen atoms in total. The number of nitrogens with one attached hydrogen (secondary N) is 2. The smallest absolute Gasteiger partial charge is 0.290 e. The van der Waals surface area contributed by atoms with Crippen molar-refractivity contribution in [2.24, 2.45) is 13.0 Å². The van der Waals surface area contributed by atoms with Crippen LogP contribution in [0.5, 0.6) is 0 Å². The number of aromatic nitrogens is 4. The Labute approximate surface area is 238 Å². The van der Waals surface area contributed by atoms with Gasteiger partial charge in [0, 0.05) is 38.2 Å². The van der Waals surface area contributed by atoms with E-state index >= 15 is 0 Å². The molecule has 0 saturated heterocycles. The molecule has 2 aromatic heterocycles. The number of aryl methyl sites for hydroxylation is 1. The number of carbonyl (C=O) groups excluding carboxylic acids is 1. The number of fused-ring (bicyclic) bond motifs is 1. The number of amides is 1. The number of halogens is 2. The Hall–Kier alpha value is -3.71. The van der Waals surface area contributed by atoms with Gasteiger partial charge in [-0.15, -0.1) is 10.2 Å². The second-order valence-corrected chi connectivity index (χ2v) is 11.9. The molecule has 3 aliphatic rings. The van der Waals surface area contributed by atoms with Gasteiger partial charge in [0.05, 0.1) is 11.5 Å². The minimum atomic E-state index is -3.04. The van der Waals surface area contributed by atoms with E-state index in [9.17, 15) is 18.8 Å². The molecule has 0 aliphatic heterocycles. The van der Waals surface area contributed by atoms with Crippen LogP contribution in [-0.2, 0) is 31.4 Å². The summed E-state index contributed by atoms with van der Waals surface area (Å²) < 4.78 is 31.5. The molecule has 0 bridgehead atoms. The van der Waals surface area contributed by atoms with E-state index in [1.807, 2.05) is 29.8 Å². The number of carbonyl (C=O) groups is 1. The maximum absolute atomic E-state index is 14.8. The van der Waals surface area contributed by atoms with Crippen molar-refractivity contribution in [2.75, 3.05) is 5.32 Å². The normalized spacial score (nSPS) is 23.4. The molecule has 0 unspecified atom stereocenters. The van der Waals surface area contributed by atoms with Gasteiger partial charge in [-0.25, -0.2) is 4.98 Å². The zero-order valence-corrected chi connectivity index (χ0v) is 23.3. The molecule has 214 valence electrons. The Bertz CT molecular complexity index is 1480. The largest absolute Gasteiger partial charge is 0.321 e. The topological polar surface area (TPSA) is 109 Å². The summed E-state index contributed by atoms with van der Waals surface area (Å²) in [5, 5.41) is 24.1. The molecule has 41 heavy (non-hydrogen) atoms. The molecule has 1 amide bonds. The van der Waals surface area contributed by atoms with E-state index in [2.05, 4.69) is 31.9 Å². The van der Waals surface area contributed by atoms with Gasteiger partial charge in [-0.2, -0.15) is 14.0 Å². The molecular weight excluding hydrogens is 524 g/mol. The third kappa shape index (κ3) is 5.23. The molecule has 6 rings (SSSR count). The van der Waals surface area contributed by atoms with Gasteiger partial charge in [-0.05, 0) is 72.9 Å². The summed E-state index contributed by atoms with van der Waals surface area (Å²) >= 11 is 0. The number of nitriles is 1. The number of pyridine rings is 1. The number of alkyl halides is 2. The number of benzene rings is 1. The van der Waals surface area contributed by atoms with Crippen LogP contribution in [0.15, 0.2) is 36.7 Å². The maximum atomic E-state index is 14.8. The average molecular weight is 560 g/mol. The summed E-state index contributed by atoms with van der Waals surface area (Å²) in [5.74, 6) is -2.49. The van der Waals surface area contributed by atoms with Crippen LogP contribution in [0.25, 0.3) is 0 Å². The highest BCUT2D eigenvalue weighted by Gasteiger charge is 2.49. The summed E-state index contributed by atoms with van der Waals surface area (Å²) in [6, 6.07) is 11.9. The van der Waals surface area contributed by atoms with Crippen molar-refractivity contribution in [2.45, 2.75) is 88.1 Å². The van der Waals surface area contributed by atoms with Gasteiger partial charge in [0.15, 0.2) is 0 Å². The Morgan fingerprint density at radius 3 is 2.73 bits per heavy atom. The van der Waals surface area contributed by atoms with Crippen molar-refractivity contribution >= 4 is 11.6 Å². The van der Waals surface area contributed by atoms with Crippen molar-refractivity contribution in [3.8, 4) is 6.07 Å². The summed E-state index contributed by atoms with van der Waals surface area (Å²) in [7, 11) is 1.90. The lowest BCUT2D eigenvalue weighted by Gasteiger charge is -2.46. The molecule has 0 spiro atoms. The lowest BCUT2D eigenvalue weighted by molar-refractivity contribution is -0.00602. The Kier molecular flexibility index (Phi) is 7.32. The molecule has 2 fully saturated rings. The third-order valence-corrected chi connectivity index (χ3v) is 9.14. The standard InChI is InChI=1S/C31H35F2N7O/c1-40-19-36-39-29(40)30(16-20(17-30)11-13-34)22-6-5-9-24(15-22)37-28(41)26-14-21(18-35-23-7-3-2-4-8-23)25-10-12-31(32,33)27(25)38-26/h5-6,9,14-15,19-20,23,35H,2-4,7-8,10-12,16-18H2,1H3,(H,37,41). The molecule has 3 aromatic rings. The maximum Gasteiger partial charge on any atom is 0.290 e. The number of hydrogen-bond donors (Lipinski definition) is 2. The molecule has 2 N–H and O–H groups in total. The summed E-state index contributed by atoms with van der Waals surface area (Å²) in [4.78, 5) is 17.6. The van der Waals surface area contributed by atoms with Gasteiger partial charge < -0.3 is 15.2 Å². The Balaban J connectivity index is 1.26. The van der Waals surface area contributed by atoms with Crippen LogP contribution in [0.2, 0.25) is 0 Å². The fourth-order valence-corrected chi connectivity index (χ4v) is 6.99. The highest BCUT2D eigenvalue weighted by atomic mass is 19.3. The zero-order chi connectivity index (χ0) is 28.6. The van der Waals surface area contributed by atoms with Crippen LogP contribution >= 0.6 is 0 Å². The van der Waals surface area contributed by atoms with Gasteiger partial charge in [-0.1, -0.05) is 31.4 Å². The minimum Gasteiger partial charge on any atom is -0.321 e. The van der Waals surface area contributed by atoms with Gasteiger partial charge in [0.2, 0.25) is 0 Å². The summed E-state index contributed by atoms with van der Waals surface area (Å²) in [6.07, 6.45) is 9.38. The van der Waals surface area contributed by atoms with Crippen LogP contribution < -0.4 is 10.6 Å². The molecule has 2 saturated carbocycles. The Morgan fingerprint density at radius 1 is 1.20 bits per heavy atom. The lowest BCUT2D eigenvalue weighted by atomic mass is 9.57. The van der Waals surface area contributed by atoms with Crippen molar-refractivity contribution in [1.29, 1.82) is 5.26 Å².